The minimum Gasteiger partial charge on any atom is -0.486 e. The molecule has 1 aromatic rings. The van der Waals surface area contributed by atoms with Gasteiger partial charge in [0.25, 0.3) is 0 Å². The number of thioether (sulfide) groups is 1. The number of amides is 1. The summed E-state index contributed by atoms with van der Waals surface area (Å²) in [6, 6.07) is 5.66. The molecule has 6 nitrogen and oxygen atoms in total. The van der Waals surface area contributed by atoms with Gasteiger partial charge in [-0.1, -0.05) is 6.07 Å². The standard InChI is InChI=1S/C16H19NO5S/c1-2-20-15(19)10-17-14(18)5-8-23-16(17)11-3-4-12-13(9-11)22-7-6-21-12/h3-4,9,16H,2,5-8,10H2,1H3. The first-order valence-electron chi connectivity index (χ1n) is 7.65. The number of hydrogen-bond donors (Lipinski definition) is 0. The summed E-state index contributed by atoms with van der Waals surface area (Å²) in [6.07, 6.45) is 0.436. The summed E-state index contributed by atoms with van der Waals surface area (Å²) in [5, 5.41) is -0.212. The maximum atomic E-state index is 12.3. The highest BCUT2D eigenvalue weighted by Gasteiger charge is 2.32. The first-order valence-corrected chi connectivity index (χ1v) is 8.70. The van der Waals surface area contributed by atoms with Gasteiger partial charge in [0, 0.05) is 12.2 Å². The van der Waals surface area contributed by atoms with E-state index in [4.69, 9.17) is 14.2 Å². The third-order valence-electron chi connectivity index (χ3n) is 3.65. The Kier molecular flexibility index (Phi) is 4.95. The monoisotopic (exact) mass is 337 g/mol. The molecule has 0 N–H and O–H groups in total. The predicted octanol–water partition coefficient (Wildman–Crippen LogP) is 1.98. The van der Waals surface area contributed by atoms with Gasteiger partial charge in [-0.2, -0.15) is 0 Å². The quantitative estimate of drug-likeness (QED) is 0.783. The lowest BCUT2D eigenvalue weighted by Gasteiger charge is -2.35. The molecule has 2 aliphatic rings. The van der Waals surface area contributed by atoms with E-state index in [1.165, 1.54) is 0 Å². The highest BCUT2D eigenvalue weighted by atomic mass is 32.2. The van der Waals surface area contributed by atoms with E-state index < -0.39 is 0 Å². The summed E-state index contributed by atoms with van der Waals surface area (Å²) in [5.74, 6) is 1.71. The van der Waals surface area contributed by atoms with Gasteiger partial charge < -0.3 is 19.1 Å². The third-order valence-corrected chi connectivity index (χ3v) is 4.93. The van der Waals surface area contributed by atoms with Gasteiger partial charge in [0.15, 0.2) is 11.5 Å². The van der Waals surface area contributed by atoms with E-state index in [9.17, 15) is 9.59 Å². The van der Waals surface area contributed by atoms with Crippen LogP contribution < -0.4 is 9.47 Å². The largest absolute Gasteiger partial charge is 0.486 e. The van der Waals surface area contributed by atoms with Crippen LogP contribution in [0.1, 0.15) is 24.3 Å². The van der Waals surface area contributed by atoms with Crippen molar-refractivity contribution in [2.45, 2.75) is 18.7 Å². The molecule has 1 amide bonds. The number of hydrogen-bond acceptors (Lipinski definition) is 6. The van der Waals surface area contributed by atoms with Gasteiger partial charge in [0.2, 0.25) is 5.91 Å². The third kappa shape index (κ3) is 3.55. The second-order valence-corrected chi connectivity index (χ2v) is 6.39. The van der Waals surface area contributed by atoms with Crippen LogP contribution in [0.4, 0.5) is 0 Å². The molecule has 1 atom stereocenters. The van der Waals surface area contributed by atoms with Crippen LogP contribution >= 0.6 is 11.8 Å². The van der Waals surface area contributed by atoms with Gasteiger partial charge in [-0.3, -0.25) is 9.59 Å². The van der Waals surface area contributed by atoms with Crippen molar-refractivity contribution in [2.24, 2.45) is 0 Å². The molecule has 0 saturated carbocycles. The maximum absolute atomic E-state index is 12.3. The summed E-state index contributed by atoms with van der Waals surface area (Å²) >= 11 is 1.64. The van der Waals surface area contributed by atoms with Crippen LogP contribution in [0.3, 0.4) is 0 Å². The summed E-state index contributed by atoms with van der Waals surface area (Å²) in [4.78, 5) is 25.6. The Bertz CT molecular complexity index is 606. The Balaban J connectivity index is 1.83. The average molecular weight is 337 g/mol. The van der Waals surface area contributed by atoms with E-state index in [0.29, 0.717) is 37.7 Å². The zero-order valence-electron chi connectivity index (χ0n) is 12.9. The number of ether oxygens (including phenoxy) is 3. The van der Waals surface area contributed by atoms with Gasteiger partial charge in [0.1, 0.15) is 25.1 Å². The van der Waals surface area contributed by atoms with Crippen LogP contribution in [0, 0.1) is 0 Å². The topological polar surface area (TPSA) is 65.1 Å². The Morgan fingerprint density at radius 2 is 2.13 bits per heavy atom. The molecule has 1 fully saturated rings. The van der Waals surface area contributed by atoms with Crippen LogP contribution in [-0.2, 0) is 14.3 Å². The fourth-order valence-electron chi connectivity index (χ4n) is 2.63. The molecule has 3 rings (SSSR count). The van der Waals surface area contributed by atoms with Crippen LogP contribution in [0.2, 0.25) is 0 Å². The molecule has 2 aliphatic heterocycles. The van der Waals surface area contributed by atoms with Gasteiger partial charge in [-0.25, -0.2) is 0 Å². The Morgan fingerprint density at radius 3 is 2.91 bits per heavy atom. The van der Waals surface area contributed by atoms with Gasteiger partial charge in [0.05, 0.1) is 6.61 Å². The lowest BCUT2D eigenvalue weighted by Crippen LogP contribution is -2.41. The van der Waals surface area contributed by atoms with E-state index in [-0.39, 0.29) is 23.8 Å². The smallest absolute Gasteiger partial charge is 0.325 e. The van der Waals surface area contributed by atoms with Crippen molar-refractivity contribution < 1.29 is 23.8 Å². The molecule has 23 heavy (non-hydrogen) atoms. The van der Waals surface area contributed by atoms with Crippen molar-refractivity contribution in [3.63, 3.8) is 0 Å². The Morgan fingerprint density at radius 1 is 1.35 bits per heavy atom. The van der Waals surface area contributed by atoms with E-state index in [1.807, 2.05) is 18.2 Å². The summed E-state index contributed by atoms with van der Waals surface area (Å²) in [7, 11) is 0. The zero-order chi connectivity index (χ0) is 16.2. The SMILES string of the molecule is CCOC(=O)CN1C(=O)CCSC1c1ccc2c(c1)OCCO2. The lowest BCUT2D eigenvalue weighted by atomic mass is 10.1. The minimum absolute atomic E-state index is 0.0290. The Labute approximate surface area is 139 Å². The van der Waals surface area contributed by atoms with Gasteiger partial charge >= 0.3 is 5.97 Å². The average Bonchev–Trinajstić information content (AvgIpc) is 2.56. The predicted molar refractivity (Wildman–Crippen MR) is 85.6 cm³/mol. The number of nitrogens with zero attached hydrogens (tertiary/aromatic N) is 1. The molecule has 0 bridgehead atoms. The normalized spacial score (nSPS) is 20.3. The van der Waals surface area contributed by atoms with Crippen LogP contribution in [0.25, 0.3) is 0 Å². The summed E-state index contributed by atoms with van der Waals surface area (Å²) in [6.45, 7) is 3.09. The molecule has 0 radical (unpaired) electrons. The van der Waals surface area contributed by atoms with Crippen molar-refractivity contribution >= 4 is 23.6 Å². The molecule has 2 heterocycles. The fraction of sp³-hybridized carbons (Fsp3) is 0.500. The van der Waals surface area contributed by atoms with E-state index in [2.05, 4.69) is 0 Å². The van der Waals surface area contributed by atoms with E-state index in [1.54, 1.807) is 23.6 Å². The number of fused-ring (bicyclic) bond motifs is 1. The highest BCUT2D eigenvalue weighted by Crippen LogP contribution is 2.41. The number of carbonyl (C=O) groups excluding carboxylic acids is 2. The van der Waals surface area contributed by atoms with E-state index >= 15 is 0 Å². The number of benzene rings is 1. The van der Waals surface area contributed by atoms with Crippen molar-refractivity contribution in [3.8, 4) is 11.5 Å². The van der Waals surface area contributed by atoms with Crippen LogP contribution in [-0.4, -0.2) is 48.9 Å². The van der Waals surface area contributed by atoms with Crippen molar-refractivity contribution in [1.29, 1.82) is 0 Å². The molecule has 1 unspecified atom stereocenters. The fourth-order valence-corrected chi connectivity index (χ4v) is 3.86. The molecule has 1 saturated heterocycles. The van der Waals surface area contributed by atoms with Crippen molar-refractivity contribution in [2.75, 3.05) is 32.1 Å². The number of esters is 1. The molecule has 1 aromatic carbocycles. The zero-order valence-corrected chi connectivity index (χ0v) is 13.8. The molecular weight excluding hydrogens is 318 g/mol. The second-order valence-electron chi connectivity index (χ2n) is 5.20. The second kappa shape index (κ2) is 7.12. The summed E-state index contributed by atoms with van der Waals surface area (Å²) in [5.41, 5.74) is 0.927. The van der Waals surface area contributed by atoms with Gasteiger partial charge in [-0.05, 0) is 24.6 Å². The first kappa shape index (κ1) is 16.0. The minimum atomic E-state index is -0.383. The van der Waals surface area contributed by atoms with E-state index in [0.717, 1.165) is 11.3 Å². The number of rotatable bonds is 4. The highest BCUT2D eigenvalue weighted by molar-refractivity contribution is 7.99. The van der Waals surface area contributed by atoms with Gasteiger partial charge in [-0.15, -0.1) is 11.8 Å². The van der Waals surface area contributed by atoms with Crippen molar-refractivity contribution in [3.05, 3.63) is 23.8 Å². The molecule has 124 valence electrons. The molecular formula is C16H19NO5S. The molecule has 0 aromatic heterocycles. The molecule has 0 aliphatic carbocycles. The molecule has 7 heteroatoms. The molecule has 0 spiro atoms. The van der Waals surface area contributed by atoms with Crippen molar-refractivity contribution in [1.82, 2.24) is 4.90 Å². The van der Waals surface area contributed by atoms with Crippen LogP contribution in [0.5, 0.6) is 11.5 Å². The number of carbonyl (C=O) groups is 2. The summed E-state index contributed by atoms with van der Waals surface area (Å²) < 4.78 is 16.1. The maximum Gasteiger partial charge on any atom is 0.325 e. The first-order chi connectivity index (χ1) is 11.2. The Hall–Kier alpha value is -1.89. The lowest BCUT2D eigenvalue weighted by molar-refractivity contribution is -0.149. The van der Waals surface area contributed by atoms with Crippen LogP contribution in [0.15, 0.2) is 18.2 Å².